The van der Waals surface area contributed by atoms with Gasteiger partial charge in [0.1, 0.15) is 5.15 Å². The fourth-order valence-corrected chi connectivity index (χ4v) is 1.09. The molecule has 1 amide bonds. The van der Waals surface area contributed by atoms with E-state index in [1.807, 2.05) is 0 Å². The van der Waals surface area contributed by atoms with Crippen LogP contribution in [0.25, 0.3) is 0 Å². The van der Waals surface area contributed by atoms with E-state index >= 15 is 0 Å². The first kappa shape index (κ1) is 5.78. The van der Waals surface area contributed by atoms with Gasteiger partial charge in [0.2, 0.25) is 0 Å². The van der Waals surface area contributed by atoms with Crippen LogP contribution in [0.4, 0.5) is 0 Å². The molecule has 0 saturated carbocycles. The highest BCUT2D eigenvalue weighted by Gasteiger charge is 2.08. The van der Waals surface area contributed by atoms with Crippen molar-refractivity contribution < 1.29 is 8.91 Å². The molecule has 1 N–H and O–H groups in total. The third-order valence-electron chi connectivity index (χ3n) is 1.18. The van der Waals surface area contributed by atoms with Gasteiger partial charge in [-0.1, -0.05) is 23.2 Å². The fraction of sp³-hybridized carbons (Fsp3) is 0.143. The minimum atomic E-state index is -2.56. The number of nitrogens with zero attached hydrogens (tertiary/aromatic N) is 1. The topological polar surface area (TPSA) is 42.0 Å². The first-order valence-electron chi connectivity index (χ1n) is 4.43. The molecule has 0 saturated heterocycles. The van der Waals surface area contributed by atoms with Gasteiger partial charge in [0.25, 0.3) is 5.91 Å². The van der Waals surface area contributed by atoms with Gasteiger partial charge >= 0.3 is 0 Å². The Morgan fingerprint density at radius 1 is 1.75 bits per heavy atom. The molecule has 1 aromatic heterocycles. The number of aromatic nitrogens is 1. The van der Waals surface area contributed by atoms with Crippen molar-refractivity contribution in [2.45, 2.75) is 0 Å². The molecule has 1 aromatic rings. The molecule has 0 bridgehead atoms. The SMILES string of the molecule is [2H]C([2H])([2H])NC(=O)c1cnc(Cl)cc1Cl. The molecular weight excluding hydrogens is 199 g/mol. The lowest BCUT2D eigenvalue weighted by molar-refractivity contribution is 0.0963. The zero-order valence-electron chi connectivity index (χ0n) is 8.77. The van der Waals surface area contributed by atoms with E-state index < -0.39 is 12.9 Å². The van der Waals surface area contributed by atoms with Gasteiger partial charge in [-0.3, -0.25) is 4.79 Å². The van der Waals surface area contributed by atoms with Gasteiger partial charge in [-0.05, 0) is 6.07 Å². The van der Waals surface area contributed by atoms with Gasteiger partial charge in [-0.2, -0.15) is 0 Å². The van der Waals surface area contributed by atoms with Crippen LogP contribution in [0.3, 0.4) is 0 Å². The van der Waals surface area contributed by atoms with Crippen LogP contribution in [-0.4, -0.2) is 17.9 Å². The van der Waals surface area contributed by atoms with Gasteiger partial charge in [0.05, 0.1) is 10.6 Å². The number of hydrogen-bond donors (Lipinski definition) is 1. The van der Waals surface area contributed by atoms with Crippen molar-refractivity contribution in [2.75, 3.05) is 6.98 Å². The number of rotatable bonds is 1. The molecule has 3 nitrogen and oxygen atoms in total. The molecule has 0 aliphatic heterocycles. The van der Waals surface area contributed by atoms with Crippen molar-refractivity contribution in [1.29, 1.82) is 0 Å². The van der Waals surface area contributed by atoms with E-state index in [9.17, 15) is 4.79 Å². The zero-order chi connectivity index (χ0) is 11.6. The van der Waals surface area contributed by atoms with Crippen LogP contribution in [0.1, 0.15) is 14.5 Å². The van der Waals surface area contributed by atoms with Crippen LogP contribution in [0, 0.1) is 0 Å². The third-order valence-corrected chi connectivity index (χ3v) is 1.70. The van der Waals surface area contributed by atoms with Crippen molar-refractivity contribution in [3.63, 3.8) is 0 Å². The summed E-state index contributed by atoms with van der Waals surface area (Å²) in [7, 11) is 0. The molecule has 1 heterocycles. The number of amides is 1. The highest BCUT2D eigenvalue weighted by atomic mass is 35.5. The average Bonchev–Trinajstić information content (AvgIpc) is 1.99. The predicted octanol–water partition coefficient (Wildman–Crippen LogP) is 1.75. The number of halogens is 2. The fourth-order valence-electron chi connectivity index (χ4n) is 0.642. The minimum absolute atomic E-state index is 0.0304. The summed E-state index contributed by atoms with van der Waals surface area (Å²) in [6.07, 6.45) is 1.12. The first-order chi connectivity index (χ1) is 6.79. The van der Waals surface area contributed by atoms with Gasteiger partial charge < -0.3 is 5.32 Å². The molecule has 1 rings (SSSR count). The number of pyridine rings is 1. The minimum Gasteiger partial charge on any atom is -0.355 e. The Morgan fingerprint density at radius 2 is 2.50 bits per heavy atom. The Hall–Kier alpha value is -0.800. The summed E-state index contributed by atoms with van der Waals surface area (Å²) >= 11 is 11.2. The molecule has 64 valence electrons. The maximum atomic E-state index is 11.4. The number of nitrogens with one attached hydrogen (secondary N) is 1. The predicted molar refractivity (Wildman–Crippen MR) is 47.6 cm³/mol. The first-order valence-corrected chi connectivity index (χ1v) is 3.69. The van der Waals surface area contributed by atoms with E-state index in [4.69, 9.17) is 27.3 Å². The van der Waals surface area contributed by atoms with E-state index in [2.05, 4.69) is 4.98 Å². The van der Waals surface area contributed by atoms with Crippen molar-refractivity contribution in [3.05, 3.63) is 28.0 Å². The lowest BCUT2D eigenvalue weighted by Gasteiger charge is -2.00. The normalized spacial score (nSPS) is 14.3. The maximum absolute atomic E-state index is 11.4. The Bertz CT molecular complexity index is 394. The van der Waals surface area contributed by atoms with E-state index in [-0.39, 0.29) is 15.7 Å². The van der Waals surface area contributed by atoms with Crippen LogP contribution in [0.2, 0.25) is 10.2 Å². The summed E-state index contributed by atoms with van der Waals surface area (Å²) in [5.74, 6) is -0.816. The second kappa shape index (κ2) is 3.74. The maximum Gasteiger partial charge on any atom is 0.254 e. The molecule has 0 spiro atoms. The van der Waals surface area contributed by atoms with Crippen LogP contribution >= 0.6 is 23.2 Å². The van der Waals surface area contributed by atoms with E-state index in [0.717, 1.165) is 6.20 Å². The second-order valence-electron chi connectivity index (χ2n) is 1.94. The van der Waals surface area contributed by atoms with Crippen LogP contribution in [-0.2, 0) is 0 Å². The molecule has 12 heavy (non-hydrogen) atoms. The standard InChI is InChI=1S/C7H6Cl2N2O/c1-10-7(12)4-3-11-6(9)2-5(4)8/h2-3H,1H3,(H,10,12)/i1D3. The number of carbonyl (C=O) groups excluding carboxylic acids is 1. The average molecular weight is 208 g/mol. The van der Waals surface area contributed by atoms with Crippen molar-refractivity contribution >= 4 is 29.1 Å². The lowest BCUT2D eigenvalue weighted by Crippen LogP contribution is -2.18. The Labute approximate surface area is 83.9 Å². The van der Waals surface area contributed by atoms with Crippen LogP contribution in [0.5, 0.6) is 0 Å². The molecule has 0 aromatic carbocycles. The van der Waals surface area contributed by atoms with Crippen molar-refractivity contribution in [3.8, 4) is 0 Å². The van der Waals surface area contributed by atoms with Crippen LogP contribution in [0.15, 0.2) is 12.3 Å². The number of carbonyl (C=O) groups is 1. The molecule has 0 fully saturated rings. The van der Waals surface area contributed by atoms with Gasteiger partial charge in [-0.15, -0.1) is 0 Å². The second-order valence-corrected chi connectivity index (χ2v) is 2.74. The smallest absolute Gasteiger partial charge is 0.254 e. The molecule has 0 aliphatic carbocycles. The molecule has 0 aliphatic rings. The lowest BCUT2D eigenvalue weighted by atomic mass is 10.3. The highest BCUT2D eigenvalue weighted by Crippen LogP contribution is 2.17. The summed E-state index contributed by atoms with van der Waals surface area (Å²) in [5.41, 5.74) is -0.0304. The van der Waals surface area contributed by atoms with Crippen LogP contribution < -0.4 is 5.32 Å². The molecule has 0 unspecified atom stereocenters. The van der Waals surface area contributed by atoms with Gasteiger partial charge in [0.15, 0.2) is 0 Å². The Morgan fingerprint density at radius 3 is 3.08 bits per heavy atom. The monoisotopic (exact) mass is 207 g/mol. The molecule has 5 heteroatoms. The van der Waals surface area contributed by atoms with Gasteiger partial charge in [0, 0.05) is 17.3 Å². The number of hydrogen-bond acceptors (Lipinski definition) is 2. The van der Waals surface area contributed by atoms with Gasteiger partial charge in [-0.25, -0.2) is 4.98 Å². The third kappa shape index (κ3) is 1.87. The molecular formula is C7H6Cl2N2O. The summed E-state index contributed by atoms with van der Waals surface area (Å²) in [6, 6.07) is 1.26. The summed E-state index contributed by atoms with van der Waals surface area (Å²) in [4.78, 5) is 15.0. The van der Waals surface area contributed by atoms with E-state index in [1.54, 1.807) is 5.32 Å². The Kier molecular flexibility index (Phi) is 1.80. The van der Waals surface area contributed by atoms with E-state index in [1.165, 1.54) is 6.07 Å². The largest absolute Gasteiger partial charge is 0.355 e. The highest BCUT2D eigenvalue weighted by molar-refractivity contribution is 6.36. The summed E-state index contributed by atoms with van der Waals surface area (Å²) < 4.78 is 20.5. The Balaban J connectivity index is 2.92. The molecule has 0 atom stereocenters. The zero-order valence-corrected chi connectivity index (χ0v) is 7.28. The summed E-state index contributed by atoms with van der Waals surface area (Å²) in [5, 5.41) is 1.97. The van der Waals surface area contributed by atoms with Crippen molar-refractivity contribution in [1.82, 2.24) is 10.3 Å². The molecule has 0 radical (unpaired) electrons. The quantitative estimate of drug-likeness (QED) is 0.714. The van der Waals surface area contributed by atoms with Crippen molar-refractivity contribution in [2.24, 2.45) is 0 Å². The van der Waals surface area contributed by atoms with E-state index in [0.29, 0.717) is 0 Å². The summed E-state index contributed by atoms with van der Waals surface area (Å²) in [6.45, 7) is -2.56.